The van der Waals surface area contributed by atoms with Crippen molar-refractivity contribution in [3.05, 3.63) is 63.8 Å². The van der Waals surface area contributed by atoms with Crippen LogP contribution in [0.2, 0.25) is 5.02 Å². The van der Waals surface area contributed by atoms with E-state index >= 15 is 8.78 Å². The summed E-state index contributed by atoms with van der Waals surface area (Å²) >= 11 is 7.67. The third kappa shape index (κ3) is 7.94. The van der Waals surface area contributed by atoms with Gasteiger partial charge in [-0.2, -0.15) is 0 Å². The molecule has 0 bridgehead atoms. The Labute approximate surface area is 282 Å². The van der Waals surface area contributed by atoms with Crippen LogP contribution in [0.15, 0.2) is 42.7 Å². The molecule has 1 atom stereocenters. The molecule has 1 fully saturated rings. The van der Waals surface area contributed by atoms with Crippen molar-refractivity contribution < 1.29 is 32.5 Å². The van der Waals surface area contributed by atoms with Crippen LogP contribution in [0.1, 0.15) is 29.9 Å². The van der Waals surface area contributed by atoms with Crippen LogP contribution in [0.3, 0.4) is 0 Å². The molecule has 1 aliphatic heterocycles. The topological polar surface area (TPSA) is 86.2 Å². The largest absolute Gasteiger partial charge is 0.496 e. The van der Waals surface area contributed by atoms with Crippen LogP contribution in [-0.4, -0.2) is 91.9 Å². The Morgan fingerprint density at radius 1 is 1.11 bits per heavy atom. The lowest BCUT2D eigenvalue weighted by Gasteiger charge is -2.32. The molecule has 2 aromatic carbocycles. The van der Waals surface area contributed by atoms with Gasteiger partial charge < -0.3 is 23.8 Å². The number of esters is 1. The molecule has 0 spiro atoms. The van der Waals surface area contributed by atoms with Gasteiger partial charge in [0.2, 0.25) is 12.0 Å². The van der Waals surface area contributed by atoms with E-state index in [4.69, 9.17) is 30.5 Å². The predicted octanol–water partition coefficient (Wildman–Crippen LogP) is 6.62. The molecule has 13 heteroatoms. The van der Waals surface area contributed by atoms with E-state index in [2.05, 4.69) is 26.8 Å². The van der Waals surface area contributed by atoms with Crippen molar-refractivity contribution in [1.29, 1.82) is 0 Å². The Morgan fingerprint density at radius 3 is 2.55 bits per heavy atom. The first kappa shape index (κ1) is 34.7. The number of fused-ring (bicyclic) bond motifs is 1. The van der Waals surface area contributed by atoms with Crippen LogP contribution in [0.5, 0.6) is 17.4 Å². The minimum absolute atomic E-state index is 0.0206. The summed E-state index contributed by atoms with van der Waals surface area (Å²) in [4.78, 5) is 26.5. The molecular weight excluding hydrogens is 650 g/mol. The van der Waals surface area contributed by atoms with Gasteiger partial charge in [0.1, 0.15) is 29.3 Å². The molecule has 1 saturated heterocycles. The number of nitrogens with zero attached hydrogens (tertiary/aromatic N) is 4. The number of benzene rings is 2. The molecule has 2 aromatic heterocycles. The number of hydrogen-bond acceptors (Lipinski definition) is 10. The Hall–Kier alpha value is -3.58. The summed E-state index contributed by atoms with van der Waals surface area (Å²) < 4.78 is 53.7. The molecule has 47 heavy (non-hydrogen) atoms. The molecule has 4 aromatic rings. The van der Waals surface area contributed by atoms with Gasteiger partial charge in [0, 0.05) is 51.6 Å². The normalized spacial score (nSPS) is 15.1. The molecule has 0 amide bonds. The van der Waals surface area contributed by atoms with E-state index in [0.717, 1.165) is 51.0 Å². The number of piperazine rings is 1. The second-order valence-electron chi connectivity index (χ2n) is 11.5. The van der Waals surface area contributed by atoms with Crippen molar-refractivity contribution in [3.63, 3.8) is 0 Å². The first-order chi connectivity index (χ1) is 22.5. The van der Waals surface area contributed by atoms with Gasteiger partial charge in [0.15, 0.2) is 0 Å². The van der Waals surface area contributed by atoms with E-state index in [-0.39, 0.29) is 39.6 Å². The van der Waals surface area contributed by atoms with Gasteiger partial charge in [-0.25, -0.2) is 23.5 Å². The maximum Gasteiger partial charge on any atom is 0.347 e. The Bertz CT molecular complexity index is 1710. The SMILES string of the molecule is CCOC(=O)[C@@H](Cc1ccccc1OC)Oc1ncnc2sc(C(C)(F)F)c(-c3ccc(OCCN4CCN(C)CC4)c(Cl)c3C)c12. The van der Waals surface area contributed by atoms with Gasteiger partial charge in [0.25, 0.3) is 5.92 Å². The van der Waals surface area contributed by atoms with E-state index in [0.29, 0.717) is 39.8 Å². The summed E-state index contributed by atoms with van der Waals surface area (Å²) in [5.41, 5.74) is 1.91. The number of para-hydroxylation sites is 1. The molecule has 5 rings (SSSR count). The van der Waals surface area contributed by atoms with Gasteiger partial charge in [-0.1, -0.05) is 35.9 Å². The molecule has 0 unspecified atom stereocenters. The third-order valence-electron chi connectivity index (χ3n) is 8.13. The Kier molecular flexibility index (Phi) is 11.2. The highest BCUT2D eigenvalue weighted by Crippen LogP contribution is 2.50. The lowest BCUT2D eigenvalue weighted by molar-refractivity contribution is -0.151. The number of carbonyl (C=O) groups excluding carboxylic acids is 1. The second-order valence-corrected chi connectivity index (χ2v) is 12.8. The van der Waals surface area contributed by atoms with Crippen LogP contribution in [0.4, 0.5) is 8.78 Å². The average Bonchev–Trinajstić information content (AvgIpc) is 3.45. The standard InChI is InChI=1S/C34H39ClF2N4O5S/c1-6-44-33(42)26(19-22-9-7-8-10-24(22)43-5)46-31-28-27(30(34(3,36)37)47-32(28)39-20-38-31)23-11-12-25(29(35)21(23)2)45-18-17-41-15-13-40(4)14-16-41/h7-12,20,26H,6,13-19H2,1-5H3/t26-/m1/s1. The number of rotatable bonds is 13. The molecule has 0 radical (unpaired) electrons. The summed E-state index contributed by atoms with van der Waals surface area (Å²) in [5, 5.41) is 0.580. The zero-order valence-electron chi connectivity index (χ0n) is 27.1. The number of alkyl halides is 2. The molecule has 3 heterocycles. The van der Waals surface area contributed by atoms with Crippen LogP contribution in [-0.2, 0) is 21.9 Å². The first-order valence-electron chi connectivity index (χ1n) is 15.5. The van der Waals surface area contributed by atoms with Gasteiger partial charge in [-0.15, -0.1) is 11.3 Å². The third-order valence-corrected chi connectivity index (χ3v) is 9.87. The number of likely N-dealkylation sites (N-methyl/N-ethyl adjacent to an activating group) is 1. The van der Waals surface area contributed by atoms with Crippen molar-refractivity contribution in [3.8, 4) is 28.5 Å². The number of carbonyl (C=O) groups is 1. The number of hydrogen-bond donors (Lipinski definition) is 0. The maximum atomic E-state index is 15.3. The van der Waals surface area contributed by atoms with E-state index in [1.54, 1.807) is 32.0 Å². The monoisotopic (exact) mass is 688 g/mol. The van der Waals surface area contributed by atoms with Crippen LogP contribution < -0.4 is 14.2 Å². The fourth-order valence-electron chi connectivity index (χ4n) is 5.58. The molecule has 252 valence electrons. The first-order valence-corrected chi connectivity index (χ1v) is 16.6. The second kappa shape index (κ2) is 15.1. The van der Waals surface area contributed by atoms with Crippen LogP contribution in [0, 0.1) is 6.92 Å². The van der Waals surface area contributed by atoms with Crippen LogP contribution >= 0.6 is 22.9 Å². The zero-order valence-corrected chi connectivity index (χ0v) is 28.7. The number of ether oxygens (including phenoxy) is 4. The average molecular weight is 689 g/mol. The summed E-state index contributed by atoms with van der Waals surface area (Å²) in [6.45, 7) is 9.55. The summed E-state index contributed by atoms with van der Waals surface area (Å²) in [5.74, 6) is -2.84. The highest BCUT2D eigenvalue weighted by atomic mass is 35.5. The van der Waals surface area contributed by atoms with E-state index in [1.165, 1.54) is 13.4 Å². The highest BCUT2D eigenvalue weighted by Gasteiger charge is 2.36. The van der Waals surface area contributed by atoms with Gasteiger partial charge in [-0.05, 0) is 49.7 Å². The van der Waals surface area contributed by atoms with Gasteiger partial charge >= 0.3 is 5.97 Å². The van der Waals surface area contributed by atoms with Crippen molar-refractivity contribution in [2.45, 2.75) is 39.2 Å². The highest BCUT2D eigenvalue weighted by molar-refractivity contribution is 7.19. The van der Waals surface area contributed by atoms with Crippen molar-refractivity contribution in [2.75, 3.05) is 60.1 Å². The van der Waals surface area contributed by atoms with Gasteiger partial charge in [-0.3, -0.25) is 4.90 Å². The number of methoxy groups -OCH3 is 1. The van der Waals surface area contributed by atoms with Crippen LogP contribution in [0.25, 0.3) is 21.3 Å². The number of thiophene rings is 1. The molecular formula is C34H39ClF2N4O5S. The summed E-state index contributed by atoms with van der Waals surface area (Å²) in [6.07, 6.45) is 0.177. The molecule has 9 nitrogen and oxygen atoms in total. The van der Waals surface area contributed by atoms with Gasteiger partial charge in [0.05, 0.1) is 29.0 Å². The number of aromatic nitrogens is 2. The Morgan fingerprint density at radius 2 is 1.85 bits per heavy atom. The summed E-state index contributed by atoms with van der Waals surface area (Å²) in [7, 11) is 3.64. The lowest BCUT2D eigenvalue weighted by atomic mass is 9.96. The van der Waals surface area contributed by atoms with E-state index in [1.807, 2.05) is 18.2 Å². The van der Waals surface area contributed by atoms with Crippen molar-refractivity contribution in [2.24, 2.45) is 0 Å². The quantitative estimate of drug-likeness (QED) is 0.144. The van der Waals surface area contributed by atoms with Crippen molar-refractivity contribution in [1.82, 2.24) is 19.8 Å². The number of halogens is 3. The molecule has 0 N–H and O–H groups in total. The smallest absolute Gasteiger partial charge is 0.347 e. The minimum atomic E-state index is -3.23. The van der Waals surface area contributed by atoms with E-state index in [9.17, 15) is 4.79 Å². The Balaban J connectivity index is 1.52. The summed E-state index contributed by atoms with van der Waals surface area (Å²) in [6, 6.07) is 10.6. The molecule has 0 aliphatic carbocycles. The molecule has 0 saturated carbocycles. The molecule has 1 aliphatic rings. The predicted molar refractivity (Wildman–Crippen MR) is 179 cm³/mol. The zero-order chi connectivity index (χ0) is 33.7. The van der Waals surface area contributed by atoms with E-state index < -0.39 is 18.0 Å². The lowest BCUT2D eigenvalue weighted by Crippen LogP contribution is -2.45. The van der Waals surface area contributed by atoms with Crippen molar-refractivity contribution >= 4 is 39.1 Å². The maximum absolute atomic E-state index is 15.3. The fraction of sp³-hybridized carbons (Fsp3) is 0.441. The minimum Gasteiger partial charge on any atom is -0.496 e. The fourth-order valence-corrected chi connectivity index (χ4v) is 6.87.